The first-order valence-electron chi connectivity index (χ1n) is 5.28. The molecule has 0 atom stereocenters. The van der Waals surface area contributed by atoms with Crippen LogP contribution in [0.3, 0.4) is 0 Å². The summed E-state index contributed by atoms with van der Waals surface area (Å²) in [5.74, 6) is -2.67. The Morgan fingerprint density at radius 2 is 2.10 bits per heavy atom. The molecule has 1 aromatic heterocycles. The molecule has 2 rings (SSSR count). The molecule has 0 aliphatic heterocycles. The summed E-state index contributed by atoms with van der Waals surface area (Å²) in [6, 6.07) is 4.06. The van der Waals surface area contributed by atoms with Gasteiger partial charge >= 0.3 is 5.97 Å². The van der Waals surface area contributed by atoms with Crippen LogP contribution in [0.1, 0.15) is 10.4 Å². The van der Waals surface area contributed by atoms with E-state index in [1.165, 1.54) is 12.3 Å². The van der Waals surface area contributed by atoms with Gasteiger partial charge in [0.2, 0.25) is 0 Å². The highest BCUT2D eigenvalue weighted by atomic mass is 19.1. The summed E-state index contributed by atoms with van der Waals surface area (Å²) < 4.78 is 18.8. The van der Waals surface area contributed by atoms with E-state index in [1.54, 1.807) is 0 Å². The van der Waals surface area contributed by atoms with Gasteiger partial charge in [0.05, 0.1) is 11.0 Å². The summed E-state index contributed by atoms with van der Waals surface area (Å²) in [6.07, 6.45) is 2.34. The fraction of sp³-hybridized carbons (Fsp3) is 0. The highest BCUT2D eigenvalue weighted by Gasteiger charge is 2.16. The highest BCUT2D eigenvalue weighted by Crippen LogP contribution is 2.29. The lowest BCUT2D eigenvalue weighted by Crippen LogP contribution is -2.01. The third-order valence-corrected chi connectivity index (χ3v) is 2.36. The summed E-state index contributed by atoms with van der Waals surface area (Å²) in [5, 5.41) is 19.4. The van der Waals surface area contributed by atoms with E-state index < -0.39 is 22.4 Å². The molecule has 1 heterocycles. The van der Waals surface area contributed by atoms with Gasteiger partial charge in [0.1, 0.15) is 11.3 Å². The maximum Gasteiger partial charge on any atom is 0.341 e. The molecule has 8 heteroatoms. The Hall–Kier alpha value is -3.03. The average Bonchev–Trinajstić information content (AvgIpc) is 2.41. The van der Waals surface area contributed by atoms with Crippen LogP contribution >= 0.6 is 0 Å². The number of carboxylic acids is 1. The van der Waals surface area contributed by atoms with E-state index in [2.05, 4.69) is 4.98 Å². The number of halogens is 1. The van der Waals surface area contributed by atoms with Gasteiger partial charge in [-0.05, 0) is 6.07 Å². The summed E-state index contributed by atoms with van der Waals surface area (Å²) >= 11 is 0. The van der Waals surface area contributed by atoms with Crippen molar-refractivity contribution in [2.45, 2.75) is 0 Å². The number of aromatic carboxylic acids is 1. The summed E-state index contributed by atoms with van der Waals surface area (Å²) in [4.78, 5) is 24.3. The molecule has 1 aromatic carbocycles. The number of nitro benzene ring substituents is 1. The average molecular weight is 278 g/mol. The number of carbonyl (C=O) groups is 1. The molecule has 0 saturated carbocycles. The molecule has 0 bridgehead atoms. The van der Waals surface area contributed by atoms with E-state index in [0.717, 1.165) is 18.3 Å². The predicted molar refractivity (Wildman–Crippen MR) is 64.3 cm³/mol. The number of ether oxygens (including phenoxy) is 1. The quantitative estimate of drug-likeness (QED) is 0.681. The van der Waals surface area contributed by atoms with Crippen LogP contribution in [0.4, 0.5) is 10.1 Å². The normalized spacial score (nSPS) is 10.1. The fourth-order valence-electron chi connectivity index (χ4n) is 1.44. The number of nitrogens with zero attached hydrogens (tertiary/aromatic N) is 2. The lowest BCUT2D eigenvalue weighted by Gasteiger charge is -2.08. The van der Waals surface area contributed by atoms with Crippen molar-refractivity contribution >= 4 is 11.7 Å². The Kier molecular flexibility index (Phi) is 3.56. The first-order chi connectivity index (χ1) is 9.49. The SMILES string of the molecule is O=C(O)c1cnccc1Oc1ccc([N+](=O)[O-])cc1F. The van der Waals surface area contributed by atoms with Crippen molar-refractivity contribution in [3.8, 4) is 11.5 Å². The zero-order chi connectivity index (χ0) is 14.7. The van der Waals surface area contributed by atoms with Crippen LogP contribution in [0.15, 0.2) is 36.7 Å². The largest absolute Gasteiger partial charge is 0.477 e. The van der Waals surface area contributed by atoms with Crippen molar-refractivity contribution in [2.24, 2.45) is 0 Å². The van der Waals surface area contributed by atoms with Crippen LogP contribution in [0.25, 0.3) is 0 Å². The molecule has 0 fully saturated rings. The van der Waals surface area contributed by atoms with Gasteiger partial charge in [-0.3, -0.25) is 15.1 Å². The van der Waals surface area contributed by atoms with Crippen molar-refractivity contribution in [3.05, 3.63) is 58.2 Å². The summed E-state index contributed by atoms with van der Waals surface area (Å²) in [6.45, 7) is 0. The van der Waals surface area contributed by atoms with Crippen LogP contribution in [-0.4, -0.2) is 21.0 Å². The van der Waals surface area contributed by atoms with Gasteiger partial charge in [-0.2, -0.15) is 0 Å². The zero-order valence-corrected chi connectivity index (χ0v) is 9.82. The third-order valence-electron chi connectivity index (χ3n) is 2.36. The minimum Gasteiger partial charge on any atom is -0.477 e. The van der Waals surface area contributed by atoms with Crippen molar-refractivity contribution in [1.82, 2.24) is 4.98 Å². The fourth-order valence-corrected chi connectivity index (χ4v) is 1.44. The zero-order valence-electron chi connectivity index (χ0n) is 9.82. The number of hydrogen-bond acceptors (Lipinski definition) is 5. The molecule has 20 heavy (non-hydrogen) atoms. The van der Waals surface area contributed by atoms with E-state index >= 15 is 0 Å². The van der Waals surface area contributed by atoms with E-state index in [-0.39, 0.29) is 17.1 Å². The first kappa shape index (κ1) is 13.4. The molecule has 0 amide bonds. The van der Waals surface area contributed by atoms with Gasteiger partial charge in [-0.15, -0.1) is 0 Å². The second kappa shape index (κ2) is 5.31. The monoisotopic (exact) mass is 278 g/mol. The van der Waals surface area contributed by atoms with Crippen molar-refractivity contribution in [1.29, 1.82) is 0 Å². The molecule has 0 spiro atoms. The maximum atomic E-state index is 13.6. The molecule has 7 nitrogen and oxygen atoms in total. The smallest absolute Gasteiger partial charge is 0.341 e. The molecule has 0 radical (unpaired) electrons. The number of aromatic nitrogens is 1. The van der Waals surface area contributed by atoms with Crippen LogP contribution in [0.2, 0.25) is 0 Å². The third kappa shape index (κ3) is 2.69. The van der Waals surface area contributed by atoms with Gasteiger partial charge < -0.3 is 9.84 Å². The van der Waals surface area contributed by atoms with E-state index in [9.17, 15) is 19.3 Å². The van der Waals surface area contributed by atoms with E-state index in [4.69, 9.17) is 9.84 Å². The Morgan fingerprint density at radius 3 is 2.70 bits per heavy atom. The lowest BCUT2D eigenvalue weighted by atomic mass is 10.2. The Morgan fingerprint density at radius 1 is 1.35 bits per heavy atom. The minimum absolute atomic E-state index is 0.111. The number of pyridine rings is 1. The summed E-state index contributed by atoms with van der Waals surface area (Å²) in [7, 11) is 0. The second-order valence-corrected chi connectivity index (χ2v) is 3.65. The molecule has 0 aliphatic rings. The summed E-state index contributed by atoms with van der Waals surface area (Å²) in [5.41, 5.74) is -0.673. The molecule has 2 aromatic rings. The second-order valence-electron chi connectivity index (χ2n) is 3.65. The van der Waals surface area contributed by atoms with Crippen LogP contribution in [0.5, 0.6) is 11.5 Å². The Balaban J connectivity index is 2.36. The number of rotatable bonds is 4. The van der Waals surface area contributed by atoms with Gasteiger partial charge in [0.15, 0.2) is 11.6 Å². The number of hydrogen-bond donors (Lipinski definition) is 1. The molecular formula is C12H7FN2O5. The molecule has 0 saturated heterocycles. The van der Waals surface area contributed by atoms with Crippen LogP contribution < -0.4 is 4.74 Å². The predicted octanol–water partition coefficient (Wildman–Crippen LogP) is 2.62. The van der Waals surface area contributed by atoms with Gasteiger partial charge in [-0.25, -0.2) is 9.18 Å². The molecule has 1 N–H and O–H groups in total. The Labute approximate surface area is 111 Å². The highest BCUT2D eigenvalue weighted by molar-refractivity contribution is 5.90. The number of benzene rings is 1. The molecule has 0 aliphatic carbocycles. The van der Waals surface area contributed by atoms with E-state index in [0.29, 0.717) is 6.07 Å². The van der Waals surface area contributed by atoms with E-state index in [1.807, 2.05) is 0 Å². The lowest BCUT2D eigenvalue weighted by molar-refractivity contribution is -0.385. The van der Waals surface area contributed by atoms with Crippen molar-refractivity contribution < 1.29 is 24.0 Å². The standard InChI is InChI=1S/C12H7FN2O5/c13-9-5-7(15(18)19)1-2-11(9)20-10-3-4-14-6-8(10)12(16)17/h1-6H,(H,16,17). The van der Waals surface area contributed by atoms with Crippen molar-refractivity contribution in [3.63, 3.8) is 0 Å². The topological polar surface area (TPSA) is 103 Å². The number of carboxylic acid groups (broad SMARTS) is 1. The Bertz CT molecular complexity index is 689. The minimum atomic E-state index is -1.28. The number of non-ortho nitro benzene ring substituents is 1. The molecule has 102 valence electrons. The number of nitro groups is 1. The van der Waals surface area contributed by atoms with Gasteiger partial charge in [-0.1, -0.05) is 0 Å². The van der Waals surface area contributed by atoms with Gasteiger partial charge in [0.25, 0.3) is 5.69 Å². The first-order valence-corrected chi connectivity index (χ1v) is 5.28. The van der Waals surface area contributed by atoms with Crippen molar-refractivity contribution in [2.75, 3.05) is 0 Å². The maximum absolute atomic E-state index is 13.6. The van der Waals surface area contributed by atoms with Crippen LogP contribution in [-0.2, 0) is 0 Å². The van der Waals surface area contributed by atoms with Crippen LogP contribution in [0, 0.1) is 15.9 Å². The van der Waals surface area contributed by atoms with Gasteiger partial charge in [0, 0.05) is 24.5 Å². The molecular weight excluding hydrogens is 271 g/mol. The molecule has 0 unspecified atom stereocenters.